The van der Waals surface area contributed by atoms with Gasteiger partial charge < -0.3 is 5.32 Å². The molecule has 0 aliphatic heterocycles. The van der Waals surface area contributed by atoms with E-state index in [0.717, 1.165) is 16.7 Å². The fraction of sp³-hybridized carbons (Fsp3) is 0.304. The van der Waals surface area contributed by atoms with E-state index in [4.69, 9.17) is 0 Å². The number of aromatic nitrogens is 2. The van der Waals surface area contributed by atoms with Crippen molar-refractivity contribution in [3.05, 3.63) is 83.2 Å². The first-order valence-corrected chi connectivity index (χ1v) is 11.6. The van der Waals surface area contributed by atoms with E-state index < -0.39 is 16.1 Å². The Morgan fingerprint density at radius 1 is 1.13 bits per heavy atom. The molecule has 0 fully saturated rings. The Kier molecular flexibility index (Phi) is 7.25. The minimum Gasteiger partial charge on any atom is -0.348 e. The highest BCUT2D eigenvalue weighted by atomic mass is 32.2. The van der Waals surface area contributed by atoms with Crippen LogP contribution in [0, 0.1) is 13.8 Å². The second-order valence-corrected chi connectivity index (χ2v) is 9.41. The number of hydrogen-bond acceptors (Lipinski definition) is 4. The lowest BCUT2D eigenvalue weighted by molar-refractivity contribution is -0.121. The molecule has 8 heteroatoms. The van der Waals surface area contributed by atoms with Gasteiger partial charge in [-0.15, -0.1) is 0 Å². The van der Waals surface area contributed by atoms with E-state index in [2.05, 4.69) is 15.1 Å². The summed E-state index contributed by atoms with van der Waals surface area (Å²) in [5, 5.41) is 7.07. The van der Waals surface area contributed by atoms with Crippen LogP contribution in [0.15, 0.2) is 65.8 Å². The third-order valence-corrected chi connectivity index (χ3v) is 6.62. The normalized spacial score (nSPS) is 12.5. The van der Waals surface area contributed by atoms with Gasteiger partial charge in [0.2, 0.25) is 15.9 Å². The summed E-state index contributed by atoms with van der Waals surface area (Å²) in [6.07, 6.45) is 4.47. The molecule has 3 aromatic rings. The highest BCUT2D eigenvalue weighted by Gasteiger charge is 2.21. The molecule has 0 saturated heterocycles. The third-order valence-electron chi connectivity index (χ3n) is 5.03. The van der Waals surface area contributed by atoms with Gasteiger partial charge in [-0.2, -0.15) is 5.10 Å². The lowest BCUT2D eigenvalue weighted by Crippen LogP contribution is -2.38. The van der Waals surface area contributed by atoms with Crippen LogP contribution in [0.25, 0.3) is 0 Å². The van der Waals surface area contributed by atoms with Crippen LogP contribution in [0.5, 0.6) is 0 Å². The highest BCUT2D eigenvalue weighted by Crippen LogP contribution is 2.18. The zero-order valence-electron chi connectivity index (χ0n) is 18.0. The average molecular weight is 441 g/mol. The minimum atomic E-state index is -3.71. The van der Waals surface area contributed by atoms with Gasteiger partial charge in [0.15, 0.2) is 0 Å². The predicted molar refractivity (Wildman–Crippen MR) is 120 cm³/mol. The average Bonchev–Trinajstić information content (AvgIpc) is 3.15. The molecule has 3 rings (SSSR count). The maximum atomic E-state index is 12.9. The van der Waals surface area contributed by atoms with Crippen molar-refractivity contribution in [1.82, 2.24) is 19.8 Å². The van der Waals surface area contributed by atoms with E-state index in [1.807, 2.05) is 56.6 Å². The molecule has 1 aromatic heterocycles. The van der Waals surface area contributed by atoms with E-state index in [1.54, 1.807) is 29.9 Å². The molecule has 0 saturated carbocycles. The summed E-state index contributed by atoms with van der Waals surface area (Å²) in [4.78, 5) is 12.8. The monoisotopic (exact) mass is 440 g/mol. The van der Waals surface area contributed by atoms with E-state index in [-0.39, 0.29) is 17.3 Å². The zero-order valence-corrected chi connectivity index (χ0v) is 18.8. The molecule has 0 spiro atoms. The summed E-state index contributed by atoms with van der Waals surface area (Å²) in [5.41, 5.74) is 3.49. The van der Waals surface area contributed by atoms with Gasteiger partial charge in [-0.1, -0.05) is 48.0 Å². The SMILES string of the molecule is Cc1ccc(S(=O)(=O)NCC(NC(=O)CCc2cnn(C)c2)c2ccccc2)c(C)c1. The molecule has 0 aliphatic carbocycles. The van der Waals surface area contributed by atoms with Crippen LogP contribution < -0.4 is 10.0 Å². The number of benzene rings is 2. The molecular weight excluding hydrogens is 412 g/mol. The predicted octanol–water partition coefficient (Wildman–Crippen LogP) is 2.81. The number of aryl methyl sites for hydroxylation is 4. The number of sulfonamides is 1. The Labute approximate surface area is 183 Å². The van der Waals surface area contributed by atoms with Gasteiger partial charge in [-0.05, 0) is 43.0 Å². The first kappa shape index (κ1) is 22.7. The first-order chi connectivity index (χ1) is 14.7. The van der Waals surface area contributed by atoms with E-state index in [0.29, 0.717) is 18.4 Å². The Morgan fingerprint density at radius 3 is 2.52 bits per heavy atom. The summed E-state index contributed by atoms with van der Waals surface area (Å²) < 4.78 is 30.1. The van der Waals surface area contributed by atoms with Gasteiger partial charge >= 0.3 is 0 Å². The van der Waals surface area contributed by atoms with Crippen LogP contribution in [-0.4, -0.2) is 30.7 Å². The van der Waals surface area contributed by atoms with Crippen LogP contribution in [0.1, 0.15) is 34.7 Å². The lowest BCUT2D eigenvalue weighted by atomic mass is 10.1. The lowest BCUT2D eigenvalue weighted by Gasteiger charge is -2.20. The van der Waals surface area contributed by atoms with Crippen molar-refractivity contribution in [3.63, 3.8) is 0 Å². The van der Waals surface area contributed by atoms with E-state index in [1.165, 1.54) is 0 Å². The van der Waals surface area contributed by atoms with Crippen molar-refractivity contribution in [2.24, 2.45) is 7.05 Å². The second-order valence-electron chi connectivity index (χ2n) is 7.67. The molecule has 1 atom stereocenters. The maximum absolute atomic E-state index is 12.9. The summed E-state index contributed by atoms with van der Waals surface area (Å²) in [6, 6.07) is 14.1. The molecule has 31 heavy (non-hydrogen) atoms. The fourth-order valence-electron chi connectivity index (χ4n) is 3.43. The van der Waals surface area contributed by atoms with Gasteiger partial charge in [-0.3, -0.25) is 9.48 Å². The molecule has 0 aliphatic rings. The van der Waals surface area contributed by atoms with Crippen LogP contribution in [-0.2, 0) is 28.3 Å². The van der Waals surface area contributed by atoms with Crippen molar-refractivity contribution in [2.45, 2.75) is 37.6 Å². The highest BCUT2D eigenvalue weighted by molar-refractivity contribution is 7.89. The quantitative estimate of drug-likeness (QED) is 0.535. The molecule has 1 amide bonds. The van der Waals surface area contributed by atoms with Crippen molar-refractivity contribution in [1.29, 1.82) is 0 Å². The summed E-state index contributed by atoms with van der Waals surface area (Å²) in [7, 11) is -1.88. The van der Waals surface area contributed by atoms with Crippen LogP contribution in [0.3, 0.4) is 0 Å². The summed E-state index contributed by atoms with van der Waals surface area (Å²) in [5.74, 6) is -0.150. The minimum absolute atomic E-state index is 0.0539. The number of carbonyl (C=O) groups excluding carboxylic acids is 1. The molecule has 2 N–H and O–H groups in total. The topological polar surface area (TPSA) is 93.1 Å². The van der Waals surface area contributed by atoms with Crippen LogP contribution in [0.2, 0.25) is 0 Å². The Hall–Kier alpha value is -2.97. The largest absolute Gasteiger partial charge is 0.348 e. The van der Waals surface area contributed by atoms with Crippen molar-refractivity contribution in [2.75, 3.05) is 6.54 Å². The van der Waals surface area contributed by atoms with E-state index in [9.17, 15) is 13.2 Å². The Bertz CT molecular complexity index is 1140. The third kappa shape index (κ3) is 6.26. The maximum Gasteiger partial charge on any atom is 0.240 e. The molecule has 1 unspecified atom stereocenters. The molecule has 1 heterocycles. The Balaban J connectivity index is 1.69. The van der Waals surface area contributed by atoms with Gasteiger partial charge in [0.1, 0.15) is 0 Å². The number of amides is 1. The zero-order chi connectivity index (χ0) is 22.4. The molecule has 164 valence electrons. The second kappa shape index (κ2) is 9.89. The molecule has 2 aromatic carbocycles. The number of rotatable bonds is 9. The van der Waals surface area contributed by atoms with E-state index >= 15 is 0 Å². The summed E-state index contributed by atoms with van der Waals surface area (Å²) >= 11 is 0. The number of nitrogens with zero attached hydrogens (tertiary/aromatic N) is 2. The Morgan fingerprint density at radius 2 is 1.87 bits per heavy atom. The van der Waals surface area contributed by atoms with Crippen molar-refractivity contribution < 1.29 is 13.2 Å². The van der Waals surface area contributed by atoms with Crippen molar-refractivity contribution in [3.8, 4) is 0 Å². The van der Waals surface area contributed by atoms with Gasteiger partial charge in [0.05, 0.1) is 17.1 Å². The number of carbonyl (C=O) groups is 1. The van der Waals surface area contributed by atoms with Crippen LogP contribution in [0.4, 0.5) is 0 Å². The number of hydrogen-bond donors (Lipinski definition) is 2. The smallest absolute Gasteiger partial charge is 0.240 e. The van der Waals surface area contributed by atoms with Gasteiger partial charge in [-0.25, -0.2) is 13.1 Å². The van der Waals surface area contributed by atoms with Gasteiger partial charge in [0, 0.05) is 26.2 Å². The molecular formula is C23H28N4O3S. The molecule has 7 nitrogen and oxygen atoms in total. The fourth-order valence-corrected chi connectivity index (χ4v) is 4.71. The first-order valence-electron chi connectivity index (χ1n) is 10.1. The van der Waals surface area contributed by atoms with Crippen LogP contribution >= 0.6 is 0 Å². The van der Waals surface area contributed by atoms with Crippen molar-refractivity contribution >= 4 is 15.9 Å². The molecule has 0 bridgehead atoms. The standard InChI is InChI=1S/C23H28N4O3S/c1-17-9-11-22(18(2)13-17)31(29,30)25-15-21(20-7-5-4-6-8-20)26-23(28)12-10-19-14-24-27(3)16-19/h4-9,11,13-14,16,21,25H,10,12,15H2,1-3H3,(H,26,28). The summed E-state index contributed by atoms with van der Waals surface area (Å²) in [6.45, 7) is 3.75. The molecule has 0 radical (unpaired) electrons. The number of nitrogens with one attached hydrogen (secondary N) is 2. The van der Waals surface area contributed by atoms with Gasteiger partial charge in [0.25, 0.3) is 0 Å².